The number of benzene rings is 1. The summed E-state index contributed by atoms with van der Waals surface area (Å²) in [5.74, 6) is 0.170. The van der Waals surface area contributed by atoms with Gasteiger partial charge >= 0.3 is 5.97 Å². The molecule has 1 fully saturated rings. The average Bonchev–Trinajstić information content (AvgIpc) is 3.08. The lowest BCUT2D eigenvalue weighted by Crippen LogP contribution is -2.43. The van der Waals surface area contributed by atoms with E-state index in [9.17, 15) is 13.2 Å². The molecule has 148 valence electrons. The second-order valence-electron chi connectivity index (χ2n) is 6.41. The standard InChI is InChI=1S/C18H24N2O4S3/c1-2-24-17(21)14-7-5-10-20(13-14)27(22,23)12-6-11-25-18-19-15-8-3-4-9-16(15)26-18/h3-4,8-9,14H,2,5-7,10-13H2,1H3. The van der Waals surface area contributed by atoms with Crippen molar-refractivity contribution in [2.45, 2.75) is 30.5 Å². The van der Waals surface area contributed by atoms with E-state index in [2.05, 4.69) is 4.98 Å². The maximum Gasteiger partial charge on any atom is 0.310 e. The van der Waals surface area contributed by atoms with Crippen LogP contribution in [0.1, 0.15) is 26.2 Å². The number of hydrogen-bond donors (Lipinski definition) is 0. The van der Waals surface area contributed by atoms with Crippen LogP contribution in [0.15, 0.2) is 28.6 Å². The van der Waals surface area contributed by atoms with Gasteiger partial charge in [0.05, 0.1) is 28.5 Å². The zero-order chi connectivity index (χ0) is 19.3. The second kappa shape index (κ2) is 9.36. The van der Waals surface area contributed by atoms with E-state index in [4.69, 9.17) is 4.74 Å². The Morgan fingerprint density at radius 2 is 2.22 bits per heavy atom. The van der Waals surface area contributed by atoms with Crippen molar-refractivity contribution in [1.82, 2.24) is 9.29 Å². The second-order valence-corrected chi connectivity index (χ2v) is 10.9. The summed E-state index contributed by atoms with van der Waals surface area (Å²) in [6.07, 6.45) is 1.95. The number of hydrogen-bond acceptors (Lipinski definition) is 7. The summed E-state index contributed by atoms with van der Waals surface area (Å²) in [4.78, 5) is 16.5. The fraction of sp³-hybridized carbons (Fsp3) is 0.556. The number of esters is 1. The summed E-state index contributed by atoms with van der Waals surface area (Å²) in [5.41, 5.74) is 0.982. The predicted molar refractivity (Wildman–Crippen MR) is 110 cm³/mol. The number of fused-ring (bicyclic) bond motifs is 1. The third-order valence-electron chi connectivity index (χ3n) is 4.44. The van der Waals surface area contributed by atoms with Crippen molar-refractivity contribution in [1.29, 1.82) is 0 Å². The van der Waals surface area contributed by atoms with Gasteiger partial charge in [0.25, 0.3) is 0 Å². The van der Waals surface area contributed by atoms with E-state index in [-0.39, 0.29) is 24.2 Å². The van der Waals surface area contributed by atoms with Crippen molar-refractivity contribution in [2.24, 2.45) is 5.92 Å². The zero-order valence-electron chi connectivity index (χ0n) is 15.3. The van der Waals surface area contributed by atoms with Crippen molar-refractivity contribution < 1.29 is 17.9 Å². The molecular weight excluding hydrogens is 404 g/mol. The van der Waals surface area contributed by atoms with Gasteiger partial charge in [-0.1, -0.05) is 23.9 Å². The van der Waals surface area contributed by atoms with Crippen molar-refractivity contribution >= 4 is 49.3 Å². The minimum Gasteiger partial charge on any atom is -0.466 e. The molecule has 9 heteroatoms. The van der Waals surface area contributed by atoms with Crippen LogP contribution in [-0.2, 0) is 19.6 Å². The minimum atomic E-state index is -3.35. The molecule has 1 aliphatic heterocycles. The molecule has 0 N–H and O–H groups in total. The highest BCUT2D eigenvalue weighted by atomic mass is 32.2. The van der Waals surface area contributed by atoms with Crippen molar-refractivity contribution in [3.05, 3.63) is 24.3 Å². The van der Waals surface area contributed by atoms with Crippen LogP contribution in [0.5, 0.6) is 0 Å². The van der Waals surface area contributed by atoms with Crippen LogP contribution in [-0.4, -0.2) is 54.9 Å². The number of carbonyl (C=O) groups excluding carboxylic acids is 1. The summed E-state index contributed by atoms with van der Waals surface area (Å²) in [6, 6.07) is 7.98. The molecule has 1 aromatic heterocycles. The summed E-state index contributed by atoms with van der Waals surface area (Å²) >= 11 is 3.23. The number of thiazole rings is 1. The maximum atomic E-state index is 12.6. The highest BCUT2D eigenvalue weighted by Gasteiger charge is 2.32. The van der Waals surface area contributed by atoms with Crippen LogP contribution in [0.25, 0.3) is 10.2 Å². The van der Waals surface area contributed by atoms with Crippen LogP contribution in [0.3, 0.4) is 0 Å². The maximum absolute atomic E-state index is 12.6. The monoisotopic (exact) mass is 428 g/mol. The van der Waals surface area contributed by atoms with Crippen LogP contribution in [0.2, 0.25) is 0 Å². The molecule has 2 heterocycles. The van der Waals surface area contributed by atoms with E-state index in [1.807, 2.05) is 24.3 Å². The van der Waals surface area contributed by atoms with E-state index >= 15 is 0 Å². The Kier molecular flexibility index (Phi) is 7.13. The molecule has 2 aromatic rings. The van der Waals surface area contributed by atoms with Gasteiger partial charge in [0.2, 0.25) is 10.0 Å². The quantitative estimate of drug-likeness (QED) is 0.364. The van der Waals surface area contributed by atoms with Crippen LogP contribution in [0.4, 0.5) is 0 Å². The van der Waals surface area contributed by atoms with Gasteiger partial charge in [-0.25, -0.2) is 17.7 Å². The first-order chi connectivity index (χ1) is 13.0. The largest absolute Gasteiger partial charge is 0.466 e. The number of ether oxygens (including phenoxy) is 1. The normalized spacial score (nSPS) is 18.6. The van der Waals surface area contributed by atoms with Gasteiger partial charge in [-0.2, -0.15) is 0 Å². The van der Waals surface area contributed by atoms with Gasteiger partial charge in [0, 0.05) is 18.8 Å². The first kappa shape index (κ1) is 20.6. The summed E-state index contributed by atoms with van der Waals surface area (Å²) < 4.78 is 33.8. The average molecular weight is 429 g/mol. The zero-order valence-corrected chi connectivity index (χ0v) is 17.7. The smallest absolute Gasteiger partial charge is 0.310 e. The molecule has 3 rings (SSSR count). The van der Waals surface area contributed by atoms with E-state index in [0.717, 1.165) is 14.6 Å². The molecule has 0 amide bonds. The number of para-hydroxylation sites is 1. The highest BCUT2D eigenvalue weighted by molar-refractivity contribution is 8.01. The van der Waals surface area contributed by atoms with E-state index in [1.165, 1.54) is 4.31 Å². The molecule has 1 unspecified atom stereocenters. The van der Waals surface area contributed by atoms with E-state index < -0.39 is 10.0 Å². The Labute approximate surface area is 168 Å². The first-order valence-corrected chi connectivity index (χ1v) is 12.5. The molecule has 0 spiro atoms. The third kappa shape index (κ3) is 5.43. The molecule has 0 bridgehead atoms. The number of sulfonamides is 1. The Balaban J connectivity index is 1.48. The van der Waals surface area contributed by atoms with Crippen molar-refractivity contribution in [2.75, 3.05) is 31.2 Å². The lowest BCUT2D eigenvalue weighted by atomic mass is 10.0. The molecular formula is C18H24N2O4S3. The molecule has 6 nitrogen and oxygen atoms in total. The summed E-state index contributed by atoms with van der Waals surface area (Å²) in [7, 11) is -3.35. The Bertz CT molecular complexity index is 849. The van der Waals surface area contributed by atoms with E-state index in [1.54, 1.807) is 30.0 Å². The minimum absolute atomic E-state index is 0.0977. The number of piperidine rings is 1. The van der Waals surface area contributed by atoms with Gasteiger partial charge in [-0.3, -0.25) is 4.79 Å². The number of aromatic nitrogens is 1. The van der Waals surface area contributed by atoms with Crippen LogP contribution < -0.4 is 0 Å². The number of thioether (sulfide) groups is 1. The van der Waals surface area contributed by atoms with Gasteiger partial charge in [-0.05, 0) is 38.3 Å². The number of nitrogens with zero attached hydrogens (tertiary/aromatic N) is 2. The van der Waals surface area contributed by atoms with Crippen molar-refractivity contribution in [3.8, 4) is 0 Å². The molecule has 1 aromatic carbocycles. The molecule has 27 heavy (non-hydrogen) atoms. The third-order valence-corrected chi connectivity index (χ3v) is 8.63. The number of carbonyl (C=O) groups is 1. The summed E-state index contributed by atoms with van der Waals surface area (Å²) in [5, 5.41) is 0. The molecule has 0 radical (unpaired) electrons. The molecule has 1 saturated heterocycles. The SMILES string of the molecule is CCOC(=O)C1CCCN(S(=O)(=O)CCCSc2nc3ccccc3s2)C1. The number of rotatable bonds is 8. The Hall–Kier alpha value is -1.16. The van der Waals surface area contributed by atoms with E-state index in [0.29, 0.717) is 38.2 Å². The van der Waals surface area contributed by atoms with Crippen LogP contribution in [0, 0.1) is 5.92 Å². The van der Waals surface area contributed by atoms with Crippen molar-refractivity contribution in [3.63, 3.8) is 0 Å². The highest BCUT2D eigenvalue weighted by Crippen LogP contribution is 2.30. The Morgan fingerprint density at radius 3 is 3.00 bits per heavy atom. The molecule has 1 atom stereocenters. The van der Waals surface area contributed by atoms with Gasteiger partial charge in [-0.15, -0.1) is 11.3 Å². The molecule has 0 saturated carbocycles. The topological polar surface area (TPSA) is 76.6 Å². The van der Waals surface area contributed by atoms with Gasteiger partial charge < -0.3 is 4.74 Å². The van der Waals surface area contributed by atoms with Gasteiger partial charge in [0.1, 0.15) is 0 Å². The fourth-order valence-electron chi connectivity index (χ4n) is 3.09. The fourth-order valence-corrected chi connectivity index (χ4v) is 6.93. The first-order valence-electron chi connectivity index (χ1n) is 9.12. The lowest BCUT2D eigenvalue weighted by Gasteiger charge is -2.30. The lowest BCUT2D eigenvalue weighted by molar-refractivity contribution is -0.149. The van der Waals surface area contributed by atoms with Crippen LogP contribution >= 0.6 is 23.1 Å². The Morgan fingerprint density at radius 1 is 1.41 bits per heavy atom. The predicted octanol–water partition coefficient (Wildman–Crippen LogP) is 3.38. The van der Waals surface area contributed by atoms with Gasteiger partial charge in [0.15, 0.2) is 4.34 Å². The molecule has 0 aliphatic carbocycles. The summed E-state index contributed by atoms with van der Waals surface area (Å²) in [6.45, 7) is 2.82. The molecule has 1 aliphatic rings.